The predicted molar refractivity (Wildman–Crippen MR) is 75.8 cm³/mol. The molecule has 1 N–H and O–H groups in total. The lowest BCUT2D eigenvalue weighted by atomic mass is 10.2. The maximum atomic E-state index is 10.9. The molecule has 3 rings (SSSR count). The van der Waals surface area contributed by atoms with Crippen molar-refractivity contribution >= 4 is 11.9 Å². The second-order valence-corrected chi connectivity index (χ2v) is 5.21. The van der Waals surface area contributed by atoms with Gasteiger partial charge >= 0.3 is 6.09 Å². The zero-order valence-electron chi connectivity index (χ0n) is 11.5. The van der Waals surface area contributed by atoms with E-state index >= 15 is 0 Å². The molecule has 2 aliphatic heterocycles. The van der Waals surface area contributed by atoms with Gasteiger partial charge in [0.25, 0.3) is 0 Å². The van der Waals surface area contributed by atoms with Crippen molar-refractivity contribution in [3.05, 3.63) is 24.4 Å². The van der Waals surface area contributed by atoms with Crippen LogP contribution >= 0.6 is 0 Å². The number of aromatic nitrogens is 1. The molecule has 3 heterocycles. The maximum absolute atomic E-state index is 10.9. The van der Waals surface area contributed by atoms with E-state index in [1.165, 1.54) is 0 Å². The van der Waals surface area contributed by atoms with Gasteiger partial charge in [0.05, 0.1) is 6.54 Å². The van der Waals surface area contributed by atoms with E-state index in [4.69, 9.17) is 4.74 Å². The molecule has 6 heteroatoms. The normalized spacial score (nSPS) is 23.5. The van der Waals surface area contributed by atoms with E-state index in [-0.39, 0.29) is 12.2 Å². The number of ether oxygens (including phenoxy) is 1. The fourth-order valence-electron chi connectivity index (χ4n) is 2.66. The number of pyridine rings is 1. The van der Waals surface area contributed by atoms with Gasteiger partial charge in [-0.1, -0.05) is 6.07 Å². The molecule has 1 amide bonds. The molecule has 2 saturated heterocycles. The SMILES string of the molecule is O=C1NCC(CCN2CCN(c3ccccn3)CC2)O1. The molecule has 0 aliphatic carbocycles. The fourth-order valence-corrected chi connectivity index (χ4v) is 2.66. The highest BCUT2D eigenvalue weighted by molar-refractivity contribution is 5.69. The van der Waals surface area contributed by atoms with E-state index in [1.807, 2.05) is 18.3 Å². The topological polar surface area (TPSA) is 57.7 Å². The lowest BCUT2D eigenvalue weighted by Gasteiger charge is -2.35. The van der Waals surface area contributed by atoms with Gasteiger partial charge in [0.2, 0.25) is 0 Å². The standard InChI is InChI=1S/C14H20N4O2/c19-14-16-11-12(20-14)4-6-17-7-9-18(10-8-17)13-3-1-2-5-15-13/h1-3,5,12H,4,6-11H2,(H,16,19). The minimum absolute atomic E-state index is 0.0383. The molecule has 0 aromatic carbocycles. The number of nitrogens with zero attached hydrogens (tertiary/aromatic N) is 3. The quantitative estimate of drug-likeness (QED) is 0.877. The Hall–Kier alpha value is -1.82. The largest absolute Gasteiger partial charge is 0.444 e. The zero-order chi connectivity index (χ0) is 13.8. The Labute approximate surface area is 118 Å². The van der Waals surface area contributed by atoms with Gasteiger partial charge < -0.3 is 15.0 Å². The molecule has 108 valence electrons. The van der Waals surface area contributed by atoms with Gasteiger partial charge in [-0.25, -0.2) is 9.78 Å². The number of amides is 1. The lowest BCUT2D eigenvalue weighted by molar-refractivity contribution is 0.124. The summed E-state index contributed by atoms with van der Waals surface area (Å²) in [6.45, 7) is 5.69. The molecule has 1 atom stereocenters. The summed E-state index contributed by atoms with van der Waals surface area (Å²) in [6.07, 6.45) is 2.50. The molecular weight excluding hydrogens is 256 g/mol. The summed E-state index contributed by atoms with van der Waals surface area (Å²) in [5.41, 5.74) is 0. The van der Waals surface area contributed by atoms with Crippen LogP contribution in [0.3, 0.4) is 0 Å². The number of cyclic esters (lactones) is 1. The van der Waals surface area contributed by atoms with Gasteiger partial charge in [0, 0.05) is 38.9 Å². The van der Waals surface area contributed by atoms with Crippen LogP contribution in [-0.4, -0.2) is 61.3 Å². The Morgan fingerprint density at radius 2 is 2.15 bits per heavy atom. The minimum Gasteiger partial charge on any atom is -0.444 e. The lowest BCUT2D eigenvalue weighted by Crippen LogP contribution is -2.47. The summed E-state index contributed by atoms with van der Waals surface area (Å²) in [6, 6.07) is 6.02. The summed E-state index contributed by atoms with van der Waals surface area (Å²) in [5, 5.41) is 2.69. The van der Waals surface area contributed by atoms with Gasteiger partial charge in [0.15, 0.2) is 0 Å². The first-order valence-electron chi connectivity index (χ1n) is 7.14. The van der Waals surface area contributed by atoms with Gasteiger partial charge in [0.1, 0.15) is 11.9 Å². The number of rotatable bonds is 4. The summed E-state index contributed by atoms with van der Waals surface area (Å²) < 4.78 is 5.15. The zero-order valence-corrected chi connectivity index (χ0v) is 11.5. The van der Waals surface area contributed by atoms with Gasteiger partial charge in [-0.15, -0.1) is 0 Å². The first-order valence-corrected chi connectivity index (χ1v) is 7.14. The smallest absolute Gasteiger partial charge is 0.407 e. The highest BCUT2D eigenvalue weighted by Gasteiger charge is 2.24. The van der Waals surface area contributed by atoms with Crippen LogP contribution in [0.2, 0.25) is 0 Å². The summed E-state index contributed by atoms with van der Waals surface area (Å²) in [4.78, 5) is 20.1. The third-order valence-electron chi connectivity index (χ3n) is 3.86. The minimum atomic E-state index is -0.282. The summed E-state index contributed by atoms with van der Waals surface area (Å²) >= 11 is 0. The van der Waals surface area contributed by atoms with Crippen LogP contribution in [-0.2, 0) is 4.74 Å². The maximum Gasteiger partial charge on any atom is 0.407 e. The number of anilines is 1. The molecule has 0 saturated carbocycles. The van der Waals surface area contributed by atoms with Crippen molar-refractivity contribution < 1.29 is 9.53 Å². The molecule has 1 unspecified atom stereocenters. The second kappa shape index (κ2) is 6.09. The number of nitrogens with one attached hydrogen (secondary N) is 1. The van der Waals surface area contributed by atoms with Gasteiger partial charge in [-0.2, -0.15) is 0 Å². The van der Waals surface area contributed by atoms with Crippen molar-refractivity contribution in [1.82, 2.24) is 15.2 Å². The second-order valence-electron chi connectivity index (χ2n) is 5.21. The first kappa shape index (κ1) is 13.2. The molecular formula is C14H20N4O2. The summed E-state index contributed by atoms with van der Waals surface area (Å²) in [5.74, 6) is 1.06. The van der Waals surface area contributed by atoms with Crippen molar-refractivity contribution in [1.29, 1.82) is 0 Å². The molecule has 1 aromatic rings. The van der Waals surface area contributed by atoms with Crippen LogP contribution in [0, 0.1) is 0 Å². The average Bonchev–Trinajstić information content (AvgIpc) is 2.92. The van der Waals surface area contributed by atoms with Crippen molar-refractivity contribution in [2.75, 3.05) is 44.2 Å². The van der Waals surface area contributed by atoms with E-state index in [2.05, 4.69) is 26.2 Å². The van der Waals surface area contributed by atoms with Crippen LogP contribution in [0.4, 0.5) is 10.6 Å². The molecule has 20 heavy (non-hydrogen) atoms. The Morgan fingerprint density at radius 1 is 1.30 bits per heavy atom. The van der Waals surface area contributed by atoms with Crippen LogP contribution < -0.4 is 10.2 Å². The van der Waals surface area contributed by atoms with E-state index in [0.29, 0.717) is 6.54 Å². The molecule has 0 bridgehead atoms. The molecule has 2 fully saturated rings. The van der Waals surface area contributed by atoms with Crippen LogP contribution in [0.1, 0.15) is 6.42 Å². The number of hydrogen-bond acceptors (Lipinski definition) is 5. The van der Waals surface area contributed by atoms with Crippen molar-refractivity contribution in [3.8, 4) is 0 Å². The average molecular weight is 276 g/mol. The van der Waals surface area contributed by atoms with Crippen LogP contribution in [0.5, 0.6) is 0 Å². The van der Waals surface area contributed by atoms with Crippen LogP contribution in [0.15, 0.2) is 24.4 Å². The number of carbonyl (C=O) groups is 1. The van der Waals surface area contributed by atoms with E-state index < -0.39 is 0 Å². The van der Waals surface area contributed by atoms with Crippen molar-refractivity contribution in [2.24, 2.45) is 0 Å². The molecule has 6 nitrogen and oxygen atoms in total. The number of carbonyl (C=O) groups excluding carboxylic acids is 1. The van der Waals surface area contributed by atoms with E-state index in [1.54, 1.807) is 0 Å². The Bertz CT molecular complexity index is 446. The highest BCUT2D eigenvalue weighted by atomic mass is 16.6. The van der Waals surface area contributed by atoms with Gasteiger partial charge in [-0.05, 0) is 18.6 Å². The number of piperazine rings is 1. The van der Waals surface area contributed by atoms with Crippen LogP contribution in [0.25, 0.3) is 0 Å². The first-order chi connectivity index (χ1) is 9.81. The number of hydrogen-bond donors (Lipinski definition) is 1. The Balaban J connectivity index is 1.41. The third kappa shape index (κ3) is 3.19. The van der Waals surface area contributed by atoms with E-state index in [9.17, 15) is 4.79 Å². The Morgan fingerprint density at radius 3 is 2.80 bits per heavy atom. The highest BCUT2D eigenvalue weighted by Crippen LogP contribution is 2.13. The predicted octanol–water partition coefficient (Wildman–Crippen LogP) is 0.702. The summed E-state index contributed by atoms with van der Waals surface area (Å²) in [7, 11) is 0. The van der Waals surface area contributed by atoms with Crippen molar-refractivity contribution in [3.63, 3.8) is 0 Å². The fraction of sp³-hybridized carbons (Fsp3) is 0.571. The molecule has 1 aromatic heterocycles. The van der Waals surface area contributed by atoms with Gasteiger partial charge in [-0.3, -0.25) is 4.90 Å². The van der Waals surface area contributed by atoms with Crippen molar-refractivity contribution in [2.45, 2.75) is 12.5 Å². The molecule has 0 spiro atoms. The van der Waals surface area contributed by atoms with E-state index in [0.717, 1.165) is 45.0 Å². The molecule has 0 radical (unpaired) electrons. The third-order valence-corrected chi connectivity index (χ3v) is 3.86. The molecule has 2 aliphatic rings. The Kier molecular flexibility index (Phi) is 4.01. The monoisotopic (exact) mass is 276 g/mol. The number of alkyl carbamates (subject to hydrolysis) is 1.